The molecule has 110 valence electrons. The molecule has 8 heteroatoms. The smallest absolute Gasteiger partial charge is 0.326 e. The highest BCUT2D eigenvalue weighted by atomic mass is 32.2. The molecule has 1 fully saturated rings. The van der Waals surface area contributed by atoms with Crippen LogP contribution in [0.4, 0.5) is 0 Å². The average molecular weight is 292 g/mol. The van der Waals surface area contributed by atoms with E-state index in [1.165, 1.54) is 0 Å². The Morgan fingerprint density at radius 2 is 2.05 bits per heavy atom. The first-order chi connectivity index (χ1) is 8.70. The lowest BCUT2D eigenvalue weighted by Crippen LogP contribution is -2.45. The van der Waals surface area contributed by atoms with Crippen LogP contribution in [0.2, 0.25) is 0 Å². The number of sulfone groups is 1. The maximum absolute atomic E-state index is 11.9. The molecule has 0 radical (unpaired) electrons. The Kier molecular flexibility index (Phi) is 5.30. The summed E-state index contributed by atoms with van der Waals surface area (Å²) >= 11 is 0. The Balaban J connectivity index is 2.58. The third kappa shape index (κ3) is 5.15. The predicted molar refractivity (Wildman–Crippen MR) is 69.4 cm³/mol. The molecule has 0 aromatic rings. The monoisotopic (exact) mass is 292 g/mol. The molecule has 0 aromatic heterocycles. The Hall–Kier alpha value is -1.15. The van der Waals surface area contributed by atoms with Crippen molar-refractivity contribution in [3.63, 3.8) is 0 Å². The fraction of sp³-hybridized carbons (Fsp3) is 0.818. The molecule has 1 aliphatic heterocycles. The van der Waals surface area contributed by atoms with Crippen molar-refractivity contribution in [2.24, 2.45) is 11.8 Å². The van der Waals surface area contributed by atoms with Gasteiger partial charge in [-0.2, -0.15) is 0 Å². The minimum atomic E-state index is -3.25. The summed E-state index contributed by atoms with van der Waals surface area (Å²) in [5, 5.41) is 14.5. The van der Waals surface area contributed by atoms with Gasteiger partial charge in [0.1, 0.15) is 15.9 Å². The van der Waals surface area contributed by atoms with Crippen LogP contribution in [-0.4, -0.2) is 56.5 Å². The van der Waals surface area contributed by atoms with E-state index in [1.54, 1.807) is 0 Å². The van der Waals surface area contributed by atoms with E-state index in [9.17, 15) is 18.0 Å². The second kappa shape index (κ2) is 6.33. The molecule has 1 rings (SSSR count). The Morgan fingerprint density at radius 3 is 2.47 bits per heavy atom. The van der Waals surface area contributed by atoms with Crippen molar-refractivity contribution in [1.82, 2.24) is 10.6 Å². The molecule has 0 saturated carbocycles. The third-order valence-electron chi connectivity index (χ3n) is 3.25. The van der Waals surface area contributed by atoms with Crippen molar-refractivity contribution in [3.8, 4) is 0 Å². The summed E-state index contributed by atoms with van der Waals surface area (Å²) in [4.78, 5) is 23.0. The van der Waals surface area contributed by atoms with E-state index < -0.39 is 21.8 Å². The summed E-state index contributed by atoms with van der Waals surface area (Å²) in [5.74, 6) is -1.93. The third-order valence-corrected chi connectivity index (χ3v) is 4.22. The Morgan fingerprint density at radius 1 is 1.42 bits per heavy atom. The first-order valence-electron chi connectivity index (χ1n) is 6.12. The molecule has 1 aliphatic rings. The van der Waals surface area contributed by atoms with Crippen LogP contribution < -0.4 is 10.6 Å². The van der Waals surface area contributed by atoms with E-state index in [2.05, 4.69) is 10.6 Å². The summed E-state index contributed by atoms with van der Waals surface area (Å²) in [6.45, 7) is 3.15. The van der Waals surface area contributed by atoms with Gasteiger partial charge in [-0.05, 0) is 18.9 Å². The minimum absolute atomic E-state index is 0.117. The molecule has 1 heterocycles. The van der Waals surface area contributed by atoms with Crippen molar-refractivity contribution in [1.29, 1.82) is 0 Å². The van der Waals surface area contributed by atoms with Gasteiger partial charge in [-0.3, -0.25) is 4.79 Å². The molecule has 1 saturated heterocycles. The van der Waals surface area contributed by atoms with Crippen LogP contribution in [-0.2, 0) is 19.4 Å². The molecular formula is C11H20N2O5S. The Labute approximate surface area is 112 Å². The van der Waals surface area contributed by atoms with Crippen molar-refractivity contribution >= 4 is 21.7 Å². The fourth-order valence-corrected chi connectivity index (χ4v) is 2.69. The average Bonchev–Trinajstić information content (AvgIpc) is 2.68. The van der Waals surface area contributed by atoms with E-state index in [-0.39, 0.29) is 29.9 Å². The second-order valence-corrected chi connectivity index (χ2v) is 7.32. The van der Waals surface area contributed by atoms with Gasteiger partial charge in [0.05, 0.1) is 11.7 Å². The fourth-order valence-electron chi connectivity index (χ4n) is 2.03. The van der Waals surface area contributed by atoms with Crippen LogP contribution in [0.5, 0.6) is 0 Å². The van der Waals surface area contributed by atoms with E-state index in [4.69, 9.17) is 5.11 Å². The quantitative estimate of drug-likeness (QED) is 0.569. The summed E-state index contributed by atoms with van der Waals surface area (Å²) in [5.41, 5.74) is 0. The molecule has 0 spiro atoms. The highest BCUT2D eigenvalue weighted by Gasteiger charge is 2.32. The van der Waals surface area contributed by atoms with Gasteiger partial charge in [0.15, 0.2) is 0 Å². The van der Waals surface area contributed by atoms with Crippen LogP contribution in [0.25, 0.3) is 0 Å². The van der Waals surface area contributed by atoms with Crippen LogP contribution in [0, 0.1) is 11.8 Å². The zero-order valence-corrected chi connectivity index (χ0v) is 11.9. The van der Waals surface area contributed by atoms with Crippen LogP contribution >= 0.6 is 0 Å². The number of nitrogens with one attached hydrogen (secondary N) is 2. The number of hydrogen-bond donors (Lipinski definition) is 3. The first kappa shape index (κ1) is 15.9. The first-order valence-corrected chi connectivity index (χ1v) is 8.18. The lowest BCUT2D eigenvalue weighted by molar-refractivity contribution is -0.142. The Bertz CT molecular complexity index is 448. The number of carboxylic acids is 1. The largest absolute Gasteiger partial charge is 0.480 e. The topological polar surface area (TPSA) is 113 Å². The molecule has 19 heavy (non-hydrogen) atoms. The molecule has 7 nitrogen and oxygen atoms in total. The van der Waals surface area contributed by atoms with Gasteiger partial charge in [-0.15, -0.1) is 0 Å². The SMILES string of the molecule is CC1CNCC1C(=O)NC(CCS(C)(=O)=O)C(=O)O. The zero-order valence-electron chi connectivity index (χ0n) is 11.0. The lowest BCUT2D eigenvalue weighted by Gasteiger charge is -2.19. The molecular weight excluding hydrogens is 272 g/mol. The molecule has 1 amide bonds. The lowest BCUT2D eigenvalue weighted by atomic mass is 9.97. The number of carboxylic acid groups (broad SMARTS) is 1. The number of hydrogen-bond acceptors (Lipinski definition) is 5. The number of rotatable bonds is 6. The molecule has 0 bridgehead atoms. The van der Waals surface area contributed by atoms with E-state index in [0.29, 0.717) is 6.54 Å². The van der Waals surface area contributed by atoms with E-state index in [1.807, 2.05) is 6.92 Å². The van der Waals surface area contributed by atoms with Gasteiger partial charge in [-0.25, -0.2) is 13.2 Å². The zero-order chi connectivity index (χ0) is 14.6. The van der Waals surface area contributed by atoms with E-state index >= 15 is 0 Å². The van der Waals surface area contributed by atoms with Crippen LogP contribution in [0.3, 0.4) is 0 Å². The minimum Gasteiger partial charge on any atom is -0.480 e. The maximum Gasteiger partial charge on any atom is 0.326 e. The van der Waals surface area contributed by atoms with Gasteiger partial charge < -0.3 is 15.7 Å². The standard InChI is InChI=1S/C11H20N2O5S/c1-7-5-12-6-8(7)10(14)13-9(11(15)16)3-4-19(2,17)18/h7-9,12H,3-6H2,1-2H3,(H,13,14)(H,15,16). The summed E-state index contributed by atoms with van der Waals surface area (Å²) in [6, 6.07) is -1.16. The van der Waals surface area contributed by atoms with Crippen LogP contribution in [0.1, 0.15) is 13.3 Å². The summed E-state index contributed by atoms with van der Waals surface area (Å²) < 4.78 is 22.1. The molecule has 3 N–H and O–H groups in total. The van der Waals surface area contributed by atoms with Crippen molar-refractivity contribution in [2.45, 2.75) is 19.4 Å². The van der Waals surface area contributed by atoms with Gasteiger partial charge >= 0.3 is 5.97 Å². The number of carbonyl (C=O) groups is 2. The van der Waals surface area contributed by atoms with Gasteiger partial charge in [0.25, 0.3) is 0 Å². The van der Waals surface area contributed by atoms with Crippen molar-refractivity contribution in [3.05, 3.63) is 0 Å². The molecule has 0 aliphatic carbocycles. The number of amides is 1. The van der Waals surface area contributed by atoms with Gasteiger partial charge in [-0.1, -0.05) is 6.92 Å². The van der Waals surface area contributed by atoms with Crippen molar-refractivity contribution in [2.75, 3.05) is 25.1 Å². The normalized spacial score (nSPS) is 24.9. The maximum atomic E-state index is 11.9. The van der Waals surface area contributed by atoms with Gasteiger partial charge in [0.2, 0.25) is 5.91 Å². The molecule has 3 atom stereocenters. The summed E-state index contributed by atoms with van der Waals surface area (Å²) in [7, 11) is -3.25. The van der Waals surface area contributed by atoms with Crippen molar-refractivity contribution < 1.29 is 23.1 Å². The second-order valence-electron chi connectivity index (χ2n) is 5.06. The van der Waals surface area contributed by atoms with Gasteiger partial charge in [0, 0.05) is 12.8 Å². The molecule has 0 aromatic carbocycles. The molecule has 3 unspecified atom stereocenters. The number of aliphatic carboxylic acids is 1. The highest BCUT2D eigenvalue weighted by molar-refractivity contribution is 7.90. The predicted octanol–water partition coefficient (Wildman–Crippen LogP) is -1.15. The number of carbonyl (C=O) groups excluding carboxylic acids is 1. The van der Waals surface area contributed by atoms with E-state index in [0.717, 1.165) is 12.8 Å². The highest BCUT2D eigenvalue weighted by Crippen LogP contribution is 2.16. The summed E-state index contributed by atoms with van der Waals surface area (Å²) in [6.07, 6.45) is 0.922. The van der Waals surface area contributed by atoms with Crippen LogP contribution in [0.15, 0.2) is 0 Å².